The van der Waals surface area contributed by atoms with Gasteiger partial charge in [-0.3, -0.25) is 4.79 Å². The smallest absolute Gasteiger partial charge is 0.225 e. The molecule has 2 nitrogen and oxygen atoms in total. The minimum atomic E-state index is 0.362. The van der Waals surface area contributed by atoms with E-state index in [2.05, 4.69) is 42.2 Å². The van der Waals surface area contributed by atoms with Crippen LogP contribution in [0.25, 0.3) is 0 Å². The highest BCUT2D eigenvalue weighted by Crippen LogP contribution is 2.48. The lowest BCUT2D eigenvalue weighted by Gasteiger charge is -2.22. The van der Waals surface area contributed by atoms with E-state index in [9.17, 15) is 4.79 Å². The molecular formula is C17H23NO. The number of benzene rings is 1. The maximum atomic E-state index is 12.2. The van der Waals surface area contributed by atoms with E-state index in [0.717, 1.165) is 32.4 Å². The van der Waals surface area contributed by atoms with Gasteiger partial charge in [-0.1, -0.05) is 37.3 Å². The van der Waals surface area contributed by atoms with Crippen molar-refractivity contribution in [2.45, 2.75) is 38.5 Å². The Kier molecular flexibility index (Phi) is 3.58. The second kappa shape index (κ2) is 5.36. The van der Waals surface area contributed by atoms with Crippen molar-refractivity contribution in [2.75, 3.05) is 13.1 Å². The zero-order chi connectivity index (χ0) is 13.2. The van der Waals surface area contributed by atoms with Gasteiger partial charge in [-0.05, 0) is 43.1 Å². The van der Waals surface area contributed by atoms with E-state index in [4.69, 9.17) is 0 Å². The van der Waals surface area contributed by atoms with Crippen LogP contribution in [-0.4, -0.2) is 23.9 Å². The highest BCUT2D eigenvalue weighted by Gasteiger charge is 2.41. The first-order chi connectivity index (χ1) is 9.29. The van der Waals surface area contributed by atoms with Crippen LogP contribution in [0.4, 0.5) is 0 Å². The van der Waals surface area contributed by atoms with E-state index >= 15 is 0 Å². The average Bonchev–Trinajstić information content (AvgIpc) is 3.32. The molecule has 1 amide bonds. The van der Waals surface area contributed by atoms with Crippen LogP contribution in [0.1, 0.15) is 44.1 Å². The quantitative estimate of drug-likeness (QED) is 0.764. The Bertz CT molecular complexity index is 438. The first-order valence-electron chi connectivity index (χ1n) is 7.63. The Labute approximate surface area is 115 Å². The Hall–Kier alpha value is -1.31. The monoisotopic (exact) mass is 257 g/mol. The Morgan fingerprint density at radius 2 is 2.00 bits per heavy atom. The van der Waals surface area contributed by atoms with Gasteiger partial charge >= 0.3 is 0 Å². The summed E-state index contributed by atoms with van der Waals surface area (Å²) in [7, 11) is 0. The van der Waals surface area contributed by atoms with Crippen LogP contribution >= 0.6 is 0 Å². The van der Waals surface area contributed by atoms with E-state index in [1.165, 1.54) is 12.0 Å². The van der Waals surface area contributed by atoms with Crippen molar-refractivity contribution < 1.29 is 4.79 Å². The molecule has 2 atom stereocenters. The molecule has 2 aliphatic carbocycles. The standard InChI is InChI=1S/C17H23NO/c1-2-10-18(17(19)14-8-9-14)12-15-11-16(15)13-6-4-3-5-7-13/h3-7,14-16H,2,8-12H2,1H3. The highest BCUT2D eigenvalue weighted by atomic mass is 16.2. The van der Waals surface area contributed by atoms with Gasteiger partial charge in [0.05, 0.1) is 0 Å². The second-order valence-electron chi connectivity index (χ2n) is 6.07. The number of hydrogen-bond acceptors (Lipinski definition) is 1. The van der Waals surface area contributed by atoms with Crippen LogP contribution in [-0.2, 0) is 4.79 Å². The Morgan fingerprint density at radius 3 is 2.63 bits per heavy atom. The number of carbonyl (C=O) groups excluding carboxylic acids is 1. The molecule has 0 bridgehead atoms. The number of amides is 1. The summed E-state index contributed by atoms with van der Waals surface area (Å²) >= 11 is 0. The predicted octanol–water partition coefficient (Wildman–Crippen LogP) is 3.44. The van der Waals surface area contributed by atoms with Gasteiger partial charge in [-0.2, -0.15) is 0 Å². The molecule has 0 saturated heterocycles. The predicted molar refractivity (Wildman–Crippen MR) is 76.9 cm³/mol. The topological polar surface area (TPSA) is 20.3 Å². The Morgan fingerprint density at radius 1 is 1.26 bits per heavy atom. The highest BCUT2D eigenvalue weighted by molar-refractivity contribution is 5.81. The fraction of sp³-hybridized carbons (Fsp3) is 0.588. The molecule has 2 saturated carbocycles. The molecule has 0 spiro atoms. The number of rotatable bonds is 6. The fourth-order valence-electron chi connectivity index (χ4n) is 2.99. The second-order valence-corrected chi connectivity index (χ2v) is 6.07. The third-order valence-corrected chi connectivity index (χ3v) is 4.34. The number of carbonyl (C=O) groups is 1. The van der Waals surface area contributed by atoms with Crippen molar-refractivity contribution in [3.63, 3.8) is 0 Å². The molecule has 0 radical (unpaired) electrons. The summed E-state index contributed by atoms with van der Waals surface area (Å²) < 4.78 is 0. The van der Waals surface area contributed by atoms with Crippen molar-refractivity contribution in [2.24, 2.45) is 11.8 Å². The summed E-state index contributed by atoms with van der Waals surface area (Å²) in [5.41, 5.74) is 1.45. The van der Waals surface area contributed by atoms with Crippen LogP contribution in [0.3, 0.4) is 0 Å². The number of nitrogens with zero attached hydrogens (tertiary/aromatic N) is 1. The lowest BCUT2D eigenvalue weighted by Crippen LogP contribution is -2.34. The molecule has 1 aromatic rings. The SMILES string of the molecule is CCCN(CC1CC1c1ccccc1)C(=O)C1CC1. The summed E-state index contributed by atoms with van der Waals surface area (Å²) in [5.74, 6) is 2.16. The summed E-state index contributed by atoms with van der Waals surface area (Å²) in [4.78, 5) is 14.4. The molecule has 0 aliphatic heterocycles. The zero-order valence-electron chi connectivity index (χ0n) is 11.7. The van der Waals surface area contributed by atoms with Crippen molar-refractivity contribution in [3.05, 3.63) is 35.9 Å². The molecule has 3 rings (SSSR count). The first kappa shape index (κ1) is 12.7. The average molecular weight is 257 g/mol. The third kappa shape index (κ3) is 2.99. The van der Waals surface area contributed by atoms with Crippen molar-refractivity contribution in [3.8, 4) is 0 Å². The summed E-state index contributed by atoms with van der Waals surface area (Å²) in [6, 6.07) is 10.7. The normalized spacial score (nSPS) is 25.1. The van der Waals surface area contributed by atoms with E-state index in [-0.39, 0.29) is 0 Å². The lowest BCUT2D eigenvalue weighted by atomic mass is 10.1. The molecule has 1 aromatic carbocycles. The fourth-order valence-corrected chi connectivity index (χ4v) is 2.99. The van der Waals surface area contributed by atoms with Gasteiger partial charge in [0.15, 0.2) is 0 Å². The van der Waals surface area contributed by atoms with Gasteiger partial charge in [-0.15, -0.1) is 0 Å². The van der Waals surface area contributed by atoms with Gasteiger partial charge < -0.3 is 4.90 Å². The molecule has 2 fully saturated rings. The van der Waals surface area contributed by atoms with Gasteiger partial charge in [0.1, 0.15) is 0 Å². The molecule has 0 N–H and O–H groups in total. The summed E-state index contributed by atoms with van der Waals surface area (Å²) in [5, 5.41) is 0. The van der Waals surface area contributed by atoms with Gasteiger partial charge in [-0.25, -0.2) is 0 Å². The van der Waals surface area contributed by atoms with Gasteiger partial charge in [0.25, 0.3) is 0 Å². The van der Waals surface area contributed by atoms with E-state index in [1.807, 2.05) is 0 Å². The van der Waals surface area contributed by atoms with Gasteiger partial charge in [0, 0.05) is 19.0 Å². The minimum Gasteiger partial charge on any atom is -0.342 e. The molecule has 2 heteroatoms. The molecular weight excluding hydrogens is 234 g/mol. The first-order valence-corrected chi connectivity index (χ1v) is 7.63. The molecule has 2 unspecified atom stereocenters. The van der Waals surface area contributed by atoms with Crippen molar-refractivity contribution in [1.82, 2.24) is 4.90 Å². The summed E-state index contributed by atoms with van der Waals surface area (Å²) in [6.45, 7) is 4.07. The molecule has 0 aromatic heterocycles. The van der Waals surface area contributed by atoms with Crippen molar-refractivity contribution >= 4 is 5.91 Å². The van der Waals surface area contributed by atoms with Crippen LogP contribution in [0.15, 0.2) is 30.3 Å². The lowest BCUT2D eigenvalue weighted by molar-refractivity contribution is -0.132. The largest absolute Gasteiger partial charge is 0.342 e. The van der Waals surface area contributed by atoms with Crippen LogP contribution in [0, 0.1) is 11.8 Å². The molecule has 19 heavy (non-hydrogen) atoms. The maximum absolute atomic E-state index is 12.2. The maximum Gasteiger partial charge on any atom is 0.225 e. The zero-order valence-corrected chi connectivity index (χ0v) is 11.7. The van der Waals surface area contributed by atoms with E-state index < -0.39 is 0 Å². The minimum absolute atomic E-state index is 0.362. The number of hydrogen-bond donors (Lipinski definition) is 0. The van der Waals surface area contributed by atoms with Crippen LogP contribution in [0.2, 0.25) is 0 Å². The van der Waals surface area contributed by atoms with E-state index in [1.54, 1.807) is 0 Å². The summed E-state index contributed by atoms with van der Waals surface area (Å²) in [6.07, 6.45) is 4.56. The van der Waals surface area contributed by atoms with Gasteiger partial charge in [0.2, 0.25) is 5.91 Å². The van der Waals surface area contributed by atoms with Crippen LogP contribution < -0.4 is 0 Å². The molecule has 2 aliphatic rings. The molecule has 102 valence electrons. The van der Waals surface area contributed by atoms with Crippen molar-refractivity contribution in [1.29, 1.82) is 0 Å². The van der Waals surface area contributed by atoms with Crippen LogP contribution in [0.5, 0.6) is 0 Å². The molecule has 0 heterocycles. The third-order valence-electron chi connectivity index (χ3n) is 4.34. The van der Waals surface area contributed by atoms with E-state index in [0.29, 0.717) is 23.7 Å². The Balaban J connectivity index is 1.57.